The summed E-state index contributed by atoms with van der Waals surface area (Å²) in [6, 6.07) is 10.9. The summed E-state index contributed by atoms with van der Waals surface area (Å²) in [5.74, 6) is 0.767. The Morgan fingerprint density at radius 3 is 2.17 bits per heavy atom. The average molecular weight is 249 g/mol. The minimum absolute atomic E-state index is 0.136. The van der Waals surface area contributed by atoms with Crippen LogP contribution in [-0.2, 0) is 4.74 Å². The van der Waals surface area contributed by atoms with Crippen LogP contribution in [0.15, 0.2) is 30.3 Å². The van der Waals surface area contributed by atoms with E-state index in [0.717, 1.165) is 12.3 Å². The summed E-state index contributed by atoms with van der Waals surface area (Å²) in [6.45, 7) is 4.54. The predicted molar refractivity (Wildman–Crippen MR) is 77.7 cm³/mol. The molecule has 0 heterocycles. The Morgan fingerprint density at radius 2 is 1.72 bits per heavy atom. The average Bonchev–Trinajstić information content (AvgIpc) is 2.44. The van der Waals surface area contributed by atoms with E-state index in [9.17, 15) is 0 Å². The van der Waals surface area contributed by atoms with Crippen molar-refractivity contribution in [1.29, 1.82) is 0 Å². The number of ether oxygens (including phenoxy) is 1. The summed E-state index contributed by atoms with van der Waals surface area (Å²) >= 11 is 0. The summed E-state index contributed by atoms with van der Waals surface area (Å²) in [5, 5.41) is 3.43. The second-order valence-corrected chi connectivity index (χ2v) is 4.88. The Morgan fingerprint density at radius 1 is 1.11 bits per heavy atom. The smallest absolute Gasteiger partial charge is 0.0973 e. The van der Waals surface area contributed by atoms with Crippen LogP contribution >= 0.6 is 0 Å². The molecule has 2 unspecified atom stereocenters. The molecule has 18 heavy (non-hydrogen) atoms. The molecule has 102 valence electrons. The molecule has 2 heteroatoms. The number of benzene rings is 1. The number of rotatable bonds is 8. The molecule has 1 rings (SSSR count). The van der Waals surface area contributed by atoms with Crippen molar-refractivity contribution >= 4 is 0 Å². The van der Waals surface area contributed by atoms with E-state index in [1.165, 1.54) is 18.4 Å². The van der Waals surface area contributed by atoms with Crippen LogP contribution in [0.4, 0.5) is 0 Å². The number of methoxy groups -OCH3 is 1. The first-order valence-corrected chi connectivity index (χ1v) is 7.01. The molecule has 2 atom stereocenters. The second-order valence-electron chi connectivity index (χ2n) is 4.88. The molecule has 0 aliphatic rings. The van der Waals surface area contributed by atoms with Gasteiger partial charge >= 0.3 is 0 Å². The molecule has 2 nitrogen and oxygen atoms in total. The molecule has 0 saturated heterocycles. The normalized spacial score (nSPS) is 14.7. The maximum atomic E-state index is 5.72. The summed E-state index contributed by atoms with van der Waals surface area (Å²) in [4.78, 5) is 0. The van der Waals surface area contributed by atoms with Crippen molar-refractivity contribution < 1.29 is 4.74 Å². The largest absolute Gasteiger partial charge is 0.375 e. The molecule has 0 fully saturated rings. The van der Waals surface area contributed by atoms with E-state index in [4.69, 9.17) is 4.74 Å². The number of likely N-dealkylation sites (N-methyl/N-ethyl adjacent to an activating group) is 1. The predicted octanol–water partition coefficient (Wildman–Crippen LogP) is 3.79. The lowest BCUT2D eigenvalue weighted by Gasteiger charge is -2.29. The van der Waals surface area contributed by atoms with E-state index in [-0.39, 0.29) is 6.10 Å². The second kappa shape index (κ2) is 8.28. The molecule has 1 aromatic rings. The van der Waals surface area contributed by atoms with Crippen molar-refractivity contribution in [2.45, 2.75) is 45.3 Å². The lowest BCUT2D eigenvalue weighted by Crippen LogP contribution is -2.35. The van der Waals surface area contributed by atoms with Crippen LogP contribution in [0.5, 0.6) is 0 Å². The van der Waals surface area contributed by atoms with Crippen LogP contribution in [0.3, 0.4) is 0 Å². The van der Waals surface area contributed by atoms with Gasteiger partial charge in [0.2, 0.25) is 0 Å². The van der Waals surface area contributed by atoms with Gasteiger partial charge in [-0.3, -0.25) is 0 Å². The van der Waals surface area contributed by atoms with Gasteiger partial charge in [0.05, 0.1) is 6.10 Å². The number of nitrogens with one attached hydrogen (secondary N) is 1. The van der Waals surface area contributed by atoms with Crippen LogP contribution in [0.1, 0.15) is 44.8 Å². The molecule has 0 radical (unpaired) electrons. The van der Waals surface area contributed by atoms with Crippen LogP contribution < -0.4 is 5.32 Å². The van der Waals surface area contributed by atoms with Gasteiger partial charge in [0.15, 0.2) is 0 Å². The zero-order valence-electron chi connectivity index (χ0n) is 12.1. The van der Waals surface area contributed by atoms with E-state index in [1.807, 2.05) is 13.1 Å². The van der Waals surface area contributed by atoms with Gasteiger partial charge in [-0.15, -0.1) is 0 Å². The summed E-state index contributed by atoms with van der Waals surface area (Å²) in [6.07, 6.45) is 3.77. The summed E-state index contributed by atoms with van der Waals surface area (Å²) < 4.78 is 5.72. The highest BCUT2D eigenvalue weighted by atomic mass is 16.5. The van der Waals surface area contributed by atoms with Gasteiger partial charge in [-0.2, -0.15) is 0 Å². The Kier molecular flexibility index (Phi) is 6.99. The third-order valence-electron chi connectivity index (χ3n) is 3.86. The quantitative estimate of drug-likeness (QED) is 0.757. The fourth-order valence-electron chi connectivity index (χ4n) is 2.55. The molecular formula is C16H27NO. The molecule has 0 saturated carbocycles. The van der Waals surface area contributed by atoms with Crippen molar-refractivity contribution in [3.05, 3.63) is 35.9 Å². The third kappa shape index (κ3) is 4.11. The van der Waals surface area contributed by atoms with E-state index < -0.39 is 0 Å². The fraction of sp³-hybridized carbons (Fsp3) is 0.625. The molecule has 0 aromatic heterocycles. The molecule has 0 spiro atoms. The zero-order chi connectivity index (χ0) is 13.4. The minimum Gasteiger partial charge on any atom is -0.375 e. The fourth-order valence-corrected chi connectivity index (χ4v) is 2.55. The Labute approximate surface area is 112 Å². The van der Waals surface area contributed by atoms with E-state index in [0.29, 0.717) is 6.04 Å². The highest BCUT2D eigenvalue weighted by Crippen LogP contribution is 2.26. The van der Waals surface area contributed by atoms with E-state index >= 15 is 0 Å². The lowest BCUT2D eigenvalue weighted by molar-refractivity contribution is 0.0610. The summed E-state index contributed by atoms with van der Waals surface area (Å²) in [5.41, 5.74) is 1.25. The lowest BCUT2D eigenvalue weighted by atomic mass is 9.90. The van der Waals surface area contributed by atoms with Gasteiger partial charge in [0, 0.05) is 13.2 Å². The van der Waals surface area contributed by atoms with Gasteiger partial charge in [-0.05, 0) is 24.9 Å². The zero-order valence-corrected chi connectivity index (χ0v) is 12.1. The van der Waals surface area contributed by atoms with Crippen molar-refractivity contribution in [2.75, 3.05) is 14.2 Å². The Hall–Kier alpha value is -0.860. The molecule has 0 amide bonds. The van der Waals surface area contributed by atoms with Gasteiger partial charge in [0.1, 0.15) is 0 Å². The Balaban J connectivity index is 2.77. The highest BCUT2D eigenvalue weighted by Gasteiger charge is 2.23. The van der Waals surface area contributed by atoms with Crippen LogP contribution in [-0.4, -0.2) is 20.2 Å². The first-order chi connectivity index (χ1) is 8.76. The summed E-state index contributed by atoms with van der Waals surface area (Å²) in [7, 11) is 3.83. The van der Waals surface area contributed by atoms with Crippen LogP contribution in [0, 0.1) is 5.92 Å². The standard InChI is InChI=1S/C16H27NO/c1-5-13(6-2)12-15(17-3)16(18-4)14-10-8-7-9-11-14/h7-11,13,15-17H,5-6,12H2,1-4H3. The van der Waals surface area contributed by atoms with Gasteiger partial charge in [-0.1, -0.05) is 57.0 Å². The van der Waals surface area contributed by atoms with Crippen molar-refractivity contribution in [1.82, 2.24) is 5.32 Å². The first-order valence-electron chi connectivity index (χ1n) is 7.01. The molecule has 0 bridgehead atoms. The topological polar surface area (TPSA) is 21.3 Å². The molecule has 1 aromatic carbocycles. The van der Waals surface area contributed by atoms with Crippen molar-refractivity contribution in [3.8, 4) is 0 Å². The van der Waals surface area contributed by atoms with Gasteiger partial charge in [0.25, 0.3) is 0 Å². The number of hydrogen-bond donors (Lipinski definition) is 1. The number of hydrogen-bond acceptors (Lipinski definition) is 2. The molecular weight excluding hydrogens is 222 g/mol. The van der Waals surface area contributed by atoms with E-state index in [2.05, 4.69) is 43.4 Å². The SMILES string of the molecule is CCC(CC)CC(NC)C(OC)c1ccccc1. The van der Waals surface area contributed by atoms with E-state index in [1.54, 1.807) is 7.11 Å². The van der Waals surface area contributed by atoms with Crippen LogP contribution in [0.2, 0.25) is 0 Å². The van der Waals surface area contributed by atoms with Crippen molar-refractivity contribution in [3.63, 3.8) is 0 Å². The van der Waals surface area contributed by atoms with Crippen LogP contribution in [0.25, 0.3) is 0 Å². The maximum Gasteiger partial charge on any atom is 0.0973 e. The first kappa shape index (κ1) is 15.2. The molecule has 1 N–H and O–H groups in total. The molecule has 0 aliphatic carbocycles. The highest BCUT2D eigenvalue weighted by molar-refractivity contribution is 5.19. The minimum atomic E-state index is 0.136. The monoisotopic (exact) mass is 249 g/mol. The maximum absolute atomic E-state index is 5.72. The Bertz CT molecular complexity index is 308. The van der Waals surface area contributed by atoms with Crippen molar-refractivity contribution in [2.24, 2.45) is 5.92 Å². The van der Waals surface area contributed by atoms with Gasteiger partial charge < -0.3 is 10.1 Å². The van der Waals surface area contributed by atoms with Gasteiger partial charge in [-0.25, -0.2) is 0 Å². The molecule has 0 aliphatic heterocycles. The third-order valence-corrected chi connectivity index (χ3v) is 3.86.